The van der Waals surface area contributed by atoms with Crippen molar-refractivity contribution in [3.05, 3.63) is 101 Å². The van der Waals surface area contributed by atoms with E-state index in [9.17, 15) is 35.9 Å². The first kappa shape index (κ1) is 29.8. The first-order valence-corrected chi connectivity index (χ1v) is 12.5. The molecule has 2 amide bonds. The van der Waals surface area contributed by atoms with Crippen molar-refractivity contribution in [2.75, 3.05) is 20.2 Å². The van der Waals surface area contributed by atoms with E-state index in [1.807, 2.05) is 6.07 Å². The largest absolute Gasteiger partial charge is 0.496 e. The van der Waals surface area contributed by atoms with Crippen LogP contribution in [-0.2, 0) is 29.2 Å². The third kappa shape index (κ3) is 6.75. The SMILES string of the molecule is COc1cc(C(F)(F)F)cc(C(F)(F)F)c1C(=O)NC1(c2ccccc2)CCCN(C(=O)OCc2ccccc2)C1. The van der Waals surface area contributed by atoms with Crippen LogP contribution in [0.25, 0.3) is 0 Å². The van der Waals surface area contributed by atoms with Crippen LogP contribution in [0.2, 0.25) is 0 Å². The summed E-state index contributed by atoms with van der Waals surface area (Å²) in [5, 5.41) is 2.62. The first-order chi connectivity index (χ1) is 19.3. The van der Waals surface area contributed by atoms with E-state index < -0.39 is 52.3 Å². The number of ether oxygens (including phenoxy) is 2. The maximum atomic E-state index is 14.0. The van der Waals surface area contributed by atoms with Crippen LogP contribution in [-0.4, -0.2) is 37.1 Å². The second kappa shape index (κ2) is 11.7. The molecule has 1 aliphatic heterocycles. The number of alkyl halides is 6. The lowest BCUT2D eigenvalue weighted by Crippen LogP contribution is -2.57. The summed E-state index contributed by atoms with van der Waals surface area (Å²) >= 11 is 0. The predicted molar refractivity (Wildman–Crippen MR) is 136 cm³/mol. The smallest absolute Gasteiger partial charge is 0.417 e. The number of piperidine rings is 1. The van der Waals surface area contributed by atoms with Crippen molar-refractivity contribution in [2.45, 2.75) is 37.3 Å². The minimum atomic E-state index is -5.30. The summed E-state index contributed by atoms with van der Waals surface area (Å²) in [4.78, 5) is 27.9. The van der Waals surface area contributed by atoms with Gasteiger partial charge in [0.2, 0.25) is 0 Å². The Kier molecular flexibility index (Phi) is 8.50. The topological polar surface area (TPSA) is 67.9 Å². The van der Waals surface area contributed by atoms with E-state index in [4.69, 9.17) is 9.47 Å². The second-order valence-corrected chi connectivity index (χ2v) is 9.56. The van der Waals surface area contributed by atoms with Crippen LogP contribution < -0.4 is 10.1 Å². The monoisotopic (exact) mass is 580 g/mol. The highest BCUT2D eigenvalue weighted by Gasteiger charge is 2.45. The molecule has 0 spiro atoms. The number of carbonyl (C=O) groups excluding carboxylic acids is 2. The molecule has 0 aromatic heterocycles. The number of methoxy groups -OCH3 is 1. The summed E-state index contributed by atoms with van der Waals surface area (Å²) < 4.78 is 92.4. The van der Waals surface area contributed by atoms with Gasteiger partial charge in [0.05, 0.1) is 35.9 Å². The Bertz CT molecular complexity index is 1380. The molecule has 1 aliphatic rings. The van der Waals surface area contributed by atoms with Gasteiger partial charge in [-0.15, -0.1) is 0 Å². The van der Waals surface area contributed by atoms with E-state index >= 15 is 0 Å². The second-order valence-electron chi connectivity index (χ2n) is 9.56. The molecule has 3 aromatic rings. The fraction of sp³-hybridized carbons (Fsp3) is 0.310. The van der Waals surface area contributed by atoms with E-state index in [-0.39, 0.29) is 32.2 Å². The number of nitrogens with one attached hydrogen (secondary N) is 1. The maximum Gasteiger partial charge on any atom is 0.417 e. The van der Waals surface area contributed by atoms with Crippen LogP contribution in [0.4, 0.5) is 31.1 Å². The Balaban J connectivity index is 1.70. The Hall–Kier alpha value is -4.22. The standard InChI is InChI=1S/C29H26F6N2O4/c1-40-23-16-21(28(30,31)32)15-22(29(33,34)35)24(23)25(38)36-27(20-11-6-3-7-12-20)13-8-14-37(18-27)26(39)41-17-19-9-4-2-5-10-19/h2-7,9-12,15-16H,8,13-14,17-18H2,1H3,(H,36,38). The molecule has 0 saturated carbocycles. The van der Waals surface area contributed by atoms with Gasteiger partial charge in [0.15, 0.2) is 0 Å². The van der Waals surface area contributed by atoms with Crippen LogP contribution in [0.1, 0.15) is 45.5 Å². The van der Waals surface area contributed by atoms with Crippen molar-refractivity contribution in [1.29, 1.82) is 0 Å². The van der Waals surface area contributed by atoms with Crippen molar-refractivity contribution in [1.82, 2.24) is 10.2 Å². The van der Waals surface area contributed by atoms with Crippen molar-refractivity contribution in [2.24, 2.45) is 0 Å². The van der Waals surface area contributed by atoms with Crippen LogP contribution in [0, 0.1) is 0 Å². The van der Waals surface area contributed by atoms with Crippen LogP contribution in [0.15, 0.2) is 72.8 Å². The summed E-state index contributed by atoms with van der Waals surface area (Å²) in [5.74, 6) is -2.19. The van der Waals surface area contributed by atoms with Gasteiger partial charge in [-0.2, -0.15) is 26.3 Å². The summed E-state index contributed by atoms with van der Waals surface area (Å²) in [6, 6.07) is 17.5. The molecule has 0 bridgehead atoms. The van der Waals surface area contributed by atoms with Crippen molar-refractivity contribution in [3.8, 4) is 5.75 Å². The van der Waals surface area contributed by atoms with Gasteiger partial charge in [0, 0.05) is 6.54 Å². The minimum absolute atomic E-state index is 0.0153. The summed E-state index contributed by atoms with van der Waals surface area (Å²) in [6.07, 6.45) is -10.5. The lowest BCUT2D eigenvalue weighted by atomic mass is 9.81. The van der Waals surface area contributed by atoms with Gasteiger partial charge in [0.1, 0.15) is 12.4 Å². The Morgan fingerprint density at radius 1 is 0.927 bits per heavy atom. The fourth-order valence-electron chi connectivity index (χ4n) is 4.87. The minimum Gasteiger partial charge on any atom is -0.496 e. The molecule has 3 aromatic carbocycles. The predicted octanol–water partition coefficient (Wildman–Crippen LogP) is 6.79. The van der Waals surface area contributed by atoms with Crippen molar-refractivity contribution in [3.63, 3.8) is 0 Å². The first-order valence-electron chi connectivity index (χ1n) is 12.5. The Labute approximate surface area is 231 Å². The lowest BCUT2D eigenvalue weighted by Gasteiger charge is -2.43. The number of hydrogen-bond acceptors (Lipinski definition) is 4. The number of nitrogens with zero attached hydrogens (tertiary/aromatic N) is 1. The third-order valence-corrected chi connectivity index (χ3v) is 6.82. The van der Waals surface area contributed by atoms with Gasteiger partial charge in [-0.25, -0.2) is 4.79 Å². The fourth-order valence-corrected chi connectivity index (χ4v) is 4.87. The molecular formula is C29H26F6N2O4. The number of amides is 2. The molecule has 1 heterocycles. The lowest BCUT2D eigenvalue weighted by molar-refractivity contribution is -0.143. The molecule has 1 N–H and O–H groups in total. The third-order valence-electron chi connectivity index (χ3n) is 6.82. The van der Waals surface area contributed by atoms with Gasteiger partial charge in [-0.05, 0) is 36.1 Å². The summed E-state index contributed by atoms with van der Waals surface area (Å²) in [7, 11) is 0.879. The zero-order valence-corrected chi connectivity index (χ0v) is 21.8. The Morgan fingerprint density at radius 3 is 2.15 bits per heavy atom. The number of likely N-dealkylation sites (tertiary alicyclic amines) is 1. The average Bonchev–Trinajstić information content (AvgIpc) is 2.95. The van der Waals surface area contributed by atoms with E-state index in [1.165, 1.54) is 4.90 Å². The van der Waals surface area contributed by atoms with E-state index in [0.717, 1.165) is 12.7 Å². The van der Waals surface area contributed by atoms with Crippen molar-refractivity contribution >= 4 is 12.0 Å². The highest BCUT2D eigenvalue weighted by atomic mass is 19.4. The normalized spacial score (nSPS) is 17.6. The number of carbonyl (C=O) groups is 2. The molecule has 1 atom stereocenters. The quantitative estimate of drug-likeness (QED) is 0.326. The molecule has 6 nitrogen and oxygen atoms in total. The van der Waals surface area contributed by atoms with Crippen LogP contribution in [0.5, 0.6) is 5.75 Å². The van der Waals surface area contributed by atoms with Gasteiger partial charge >= 0.3 is 18.4 Å². The molecule has 0 aliphatic carbocycles. The zero-order chi connectivity index (χ0) is 29.8. The maximum absolute atomic E-state index is 14.0. The van der Waals surface area contributed by atoms with Gasteiger partial charge in [0.25, 0.3) is 5.91 Å². The number of rotatable bonds is 6. The highest BCUT2D eigenvalue weighted by molar-refractivity contribution is 5.99. The molecule has 218 valence electrons. The van der Waals surface area contributed by atoms with Gasteiger partial charge < -0.3 is 19.7 Å². The molecule has 12 heteroatoms. The van der Waals surface area contributed by atoms with Crippen LogP contribution in [0.3, 0.4) is 0 Å². The molecule has 0 radical (unpaired) electrons. The average molecular weight is 581 g/mol. The molecule has 1 fully saturated rings. The van der Waals surface area contributed by atoms with Gasteiger partial charge in [-0.1, -0.05) is 60.7 Å². The molecular weight excluding hydrogens is 554 g/mol. The number of halogens is 6. The zero-order valence-electron chi connectivity index (χ0n) is 21.8. The molecule has 4 rings (SSSR count). The highest BCUT2D eigenvalue weighted by Crippen LogP contribution is 2.42. The number of benzene rings is 3. The van der Waals surface area contributed by atoms with Gasteiger partial charge in [-0.3, -0.25) is 4.79 Å². The van der Waals surface area contributed by atoms with Crippen LogP contribution >= 0.6 is 0 Å². The molecule has 41 heavy (non-hydrogen) atoms. The van der Waals surface area contributed by atoms with E-state index in [0.29, 0.717) is 18.1 Å². The number of hydrogen-bond donors (Lipinski definition) is 1. The Morgan fingerprint density at radius 2 is 1.56 bits per heavy atom. The molecule has 1 saturated heterocycles. The summed E-state index contributed by atoms with van der Waals surface area (Å²) in [5.41, 5.74) is -4.63. The van der Waals surface area contributed by atoms with E-state index in [2.05, 4.69) is 5.32 Å². The van der Waals surface area contributed by atoms with E-state index in [1.54, 1.807) is 54.6 Å². The molecule has 1 unspecified atom stereocenters. The summed E-state index contributed by atoms with van der Waals surface area (Å²) in [6.45, 7) is 0.0920. The van der Waals surface area contributed by atoms with Crippen molar-refractivity contribution < 1.29 is 45.4 Å².